The molecule has 0 fully saturated rings. The molecule has 0 radical (unpaired) electrons. The average molecular weight is 313 g/mol. The van der Waals surface area contributed by atoms with Crippen molar-refractivity contribution in [3.63, 3.8) is 0 Å². The first-order valence-corrected chi connectivity index (χ1v) is 7.86. The second kappa shape index (κ2) is 7.54. The standard InChI is InChI=1S/C15H23NO4S/c1-8(2)19-14(17)12(15(18)20-9(3)4)7-13-16-10(5)11(6)21-13/h8-9,12H,7H2,1-6H3. The van der Waals surface area contributed by atoms with Gasteiger partial charge in [0, 0.05) is 11.3 Å². The molecule has 1 heterocycles. The number of aromatic nitrogens is 1. The minimum atomic E-state index is -0.959. The molecule has 1 aromatic heterocycles. The molecule has 0 aliphatic heterocycles. The van der Waals surface area contributed by atoms with Crippen LogP contribution >= 0.6 is 11.3 Å². The van der Waals surface area contributed by atoms with Crippen molar-refractivity contribution in [2.24, 2.45) is 5.92 Å². The molecule has 0 N–H and O–H groups in total. The molecule has 0 bridgehead atoms. The highest BCUT2D eigenvalue weighted by Gasteiger charge is 2.32. The molecule has 1 rings (SSSR count). The molecule has 0 aliphatic rings. The predicted molar refractivity (Wildman–Crippen MR) is 81.2 cm³/mol. The van der Waals surface area contributed by atoms with Crippen LogP contribution in [0.4, 0.5) is 0 Å². The Hall–Kier alpha value is -1.43. The van der Waals surface area contributed by atoms with Gasteiger partial charge in [-0.15, -0.1) is 11.3 Å². The molecule has 0 saturated carbocycles. The van der Waals surface area contributed by atoms with Crippen LogP contribution in [0.1, 0.15) is 43.3 Å². The third-order valence-corrected chi connectivity index (χ3v) is 3.82. The van der Waals surface area contributed by atoms with Gasteiger partial charge in [0.2, 0.25) is 0 Å². The van der Waals surface area contributed by atoms with Crippen LogP contribution in [0.2, 0.25) is 0 Å². The number of ether oxygens (including phenoxy) is 2. The SMILES string of the molecule is Cc1nc(CC(C(=O)OC(C)C)C(=O)OC(C)C)sc1C. The molecule has 5 nitrogen and oxygen atoms in total. The zero-order valence-electron chi connectivity index (χ0n) is 13.4. The first-order valence-electron chi connectivity index (χ1n) is 7.04. The Kier molecular flexibility index (Phi) is 6.33. The maximum Gasteiger partial charge on any atom is 0.321 e. The van der Waals surface area contributed by atoms with Crippen LogP contribution in [-0.2, 0) is 25.5 Å². The van der Waals surface area contributed by atoms with Crippen molar-refractivity contribution < 1.29 is 19.1 Å². The van der Waals surface area contributed by atoms with E-state index in [1.54, 1.807) is 27.7 Å². The zero-order chi connectivity index (χ0) is 16.2. The molecule has 0 spiro atoms. The quantitative estimate of drug-likeness (QED) is 0.597. The lowest BCUT2D eigenvalue weighted by Gasteiger charge is -2.17. The van der Waals surface area contributed by atoms with Crippen molar-refractivity contribution in [1.29, 1.82) is 0 Å². The highest BCUT2D eigenvalue weighted by molar-refractivity contribution is 7.11. The molecular formula is C15H23NO4S. The Balaban J connectivity index is 2.90. The van der Waals surface area contributed by atoms with E-state index in [1.165, 1.54) is 11.3 Å². The first kappa shape index (κ1) is 17.6. The van der Waals surface area contributed by atoms with Gasteiger partial charge >= 0.3 is 11.9 Å². The van der Waals surface area contributed by atoms with Crippen molar-refractivity contribution in [2.45, 2.75) is 60.2 Å². The van der Waals surface area contributed by atoms with Crippen LogP contribution in [0.15, 0.2) is 0 Å². The lowest BCUT2D eigenvalue weighted by Crippen LogP contribution is -2.32. The number of thiazole rings is 1. The number of nitrogens with zero attached hydrogens (tertiary/aromatic N) is 1. The fourth-order valence-electron chi connectivity index (χ4n) is 1.69. The Bertz CT molecular complexity index is 466. The fourth-order valence-corrected chi connectivity index (χ4v) is 2.67. The Morgan fingerprint density at radius 2 is 1.52 bits per heavy atom. The van der Waals surface area contributed by atoms with Gasteiger partial charge < -0.3 is 9.47 Å². The number of carbonyl (C=O) groups excluding carboxylic acids is 2. The van der Waals surface area contributed by atoms with E-state index in [-0.39, 0.29) is 18.6 Å². The highest BCUT2D eigenvalue weighted by Crippen LogP contribution is 2.21. The molecule has 0 amide bonds. The van der Waals surface area contributed by atoms with Crippen molar-refractivity contribution in [3.8, 4) is 0 Å². The largest absolute Gasteiger partial charge is 0.462 e. The maximum atomic E-state index is 12.1. The van der Waals surface area contributed by atoms with Gasteiger partial charge in [0.1, 0.15) is 0 Å². The molecular weight excluding hydrogens is 290 g/mol. The second-order valence-corrected chi connectivity index (χ2v) is 6.76. The number of rotatable bonds is 6. The third-order valence-electron chi connectivity index (χ3n) is 2.72. The Morgan fingerprint density at radius 1 is 1.05 bits per heavy atom. The van der Waals surface area contributed by atoms with E-state index in [2.05, 4.69) is 4.98 Å². The third kappa shape index (κ3) is 5.46. The smallest absolute Gasteiger partial charge is 0.321 e. The van der Waals surface area contributed by atoms with Gasteiger partial charge in [-0.3, -0.25) is 9.59 Å². The maximum absolute atomic E-state index is 12.1. The summed E-state index contributed by atoms with van der Waals surface area (Å²) in [5.41, 5.74) is 0.920. The summed E-state index contributed by atoms with van der Waals surface area (Å²) < 4.78 is 10.3. The minimum absolute atomic E-state index is 0.219. The normalized spacial score (nSPS) is 11.3. The fraction of sp³-hybridized carbons (Fsp3) is 0.667. The molecule has 0 unspecified atom stereocenters. The van der Waals surface area contributed by atoms with Crippen LogP contribution in [0, 0.1) is 19.8 Å². The summed E-state index contributed by atoms with van der Waals surface area (Å²) >= 11 is 1.49. The van der Waals surface area contributed by atoms with Crippen LogP contribution < -0.4 is 0 Å². The van der Waals surface area contributed by atoms with Crippen molar-refractivity contribution in [1.82, 2.24) is 4.98 Å². The van der Waals surface area contributed by atoms with Crippen LogP contribution in [-0.4, -0.2) is 29.1 Å². The van der Waals surface area contributed by atoms with Gasteiger partial charge in [0.15, 0.2) is 5.92 Å². The number of hydrogen-bond acceptors (Lipinski definition) is 6. The van der Waals surface area contributed by atoms with E-state index < -0.39 is 17.9 Å². The summed E-state index contributed by atoms with van der Waals surface area (Å²) in [5, 5.41) is 0.747. The lowest BCUT2D eigenvalue weighted by molar-refractivity contribution is -0.166. The monoisotopic (exact) mass is 313 g/mol. The zero-order valence-corrected chi connectivity index (χ0v) is 14.2. The van der Waals surface area contributed by atoms with Crippen molar-refractivity contribution >= 4 is 23.3 Å². The first-order chi connectivity index (χ1) is 9.70. The van der Waals surface area contributed by atoms with E-state index in [1.807, 2.05) is 13.8 Å². The molecule has 21 heavy (non-hydrogen) atoms. The summed E-state index contributed by atoms with van der Waals surface area (Å²) in [6.07, 6.45) is -0.325. The van der Waals surface area contributed by atoms with Gasteiger partial charge in [0.25, 0.3) is 0 Å². The van der Waals surface area contributed by atoms with Gasteiger partial charge in [0.05, 0.1) is 22.9 Å². The summed E-state index contributed by atoms with van der Waals surface area (Å²) in [7, 11) is 0. The van der Waals surface area contributed by atoms with E-state index in [0.717, 1.165) is 15.6 Å². The average Bonchev–Trinajstić information content (AvgIpc) is 2.63. The molecule has 0 saturated heterocycles. The minimum Gasteiger partial charge on any atom is -0.462 e. The number of carbonyl (C=O) groups is 2. The topological polar surface area (TPSA) is 65.5 Å². The molecule has 0 aliphatic carbocycles. The molecule has 1 aromatic rings. The van der Waals surface area contributed by atoms with Gasteiger partial charge in [-0.25, -0.2) is 4.98 Å². The van der Waals surface area contributed by atoms with Gasteiger partial charge in [-0.1, -0.05) is 0 Å². The summed E-state index contributed by atoms with van der Waals surface area (Å²) in [5.74, 6) is -2.07. The number of aryl methyl sites for hydroxylation is 2. The predicted octanol–water partition coefficient (Wildman–Crippen LogP) is 2.82. The van der Waals surface area contributed by atoms with Crippen LogP contribution in [0.25, 0.3) is 0 Å². The number of esters is 2. The number of hydrogen-bond donors (Lipinski definition) is 0. The Labute approximate surface area is 129 Å². The molecule has 6 heteroatoms. The van der Waals surface area contributed by atoms with Crippen molar-refractivity contribution in [2.75, 3.05) is 0 Å². The van der Waals surface area contributed by atoms with E-state index >= 15 is 0 Å². The summed E-state index contributed by atoms with van der Waals surface area (Å²) in [6, 6.07) is 0. The Morgan fingerprint density at radius 3 is 1.86 bits per heavy atom. The second-order valence-electron chi connectivity index (χ2n) is 5.48. The molecule has 118 valence electrons. The summed E-state index contributed by atoms with van der Waals surface area (Å²) in [4.78, 5) is 29.7. The van der Waals surface area contributed by atoms with E-state index in [9.17, 15) is 9.59 Å². The van der Waals surface area contributed by atoms with Crippen LogP contribution in [0.3, 0.4) is 0 Å². The van der Waals surface area contributed by atoms with Crippen LogP contribution in [0.5, 0.6) is 0 Å². The molecule has 0 atom stereocenters. The van der Waals surface area contributed by atoms with Gasteiger partial charge in [-0.05, 0) is 41.5 Å². The lowest BCUT2D eigenvalue weighted by atomic mass is 10.1. The van der Waals surface area contributed by atoms with E-state index in [4.69, 9.17) is 9.47 Å². The summed E-state index contributed by atoms with van der Waals surface area (Å²) in [6.45, 7) is 10.9. The van der Waals surface area contributed by atoms with Gasteiger partial charge in [-0.2, -0.15) is 0 Å². The highest BCUT2D eigenvalue weighted by atomic mass is 32.1. The van der Waals surface area contributed by atoms with E-state index in [0.29, 0.717) is 0 Å². The molecule has 0 aromatic carbocycles. The van der Waals surface area contributed by atoms with Crippen molar-refractivity contribution in [3.05, 3.63) is 15.6 Å².